The Morgan fingerprint density at radius 1 is 1.26 bits per heavy atom. The van der Waals surface area contributed by atoms with Gasteiger partial charge in [0.15, 0.2) is 0 Å². The molecular formula is C15H21N3S. The van der Waals surface area contributed by atoms with Gasteiger partial charge in [0.25, 0.3) is 0 Å². The van der Waals surface area contributed by atoms with E-state index in [-0.39, 0.29) is 5.41 Å². The van der Waals surface area contributed by atoms with E-state index in [4.69, 9.17) is 4.98 Å². The third-order valence-corrected chi connectivity index (χ3v) is 3.93. The van der Waals surface area contributed by atoms with Crippen LogP contribution in [0.15, 0.2) is 29.9 Å². The second-order valence-corrected chi connectivity index (χ2v) is 6.70. The Morgan fingerprint density at radius 2 is 1.95 bits per heavy atom. The predicted molar refractivity (Wildman–Crippen MR) is 80.3 cm³/mol. The van der Waals surface area contributed by atoms with Crippen LogP contribution >= 0.6 is 11.3 Å². The zero-order valence-corrected chi connectivity index (χ0v) is 12.8. The van der Waals surface area contributed by atoms with Gasteiger partial charge in [-0.2, -0.15) is 0 Å². The molecule has 0 spiro atoms. The van der Waals surface area contributed by atoms with Gasteiger partial charge in [-0.05, 0) is 24.6 Å². The molecule has 0 aliphatic heterocycles. The maximum atomic E-state index is 4.69. The second-order valence-electron chi connectivity index (χ2n) is 5.76. The van der Waals surface area contributed by atoms with Crippen LogP contribution in [-0.2, 0) is 12.0 Å². The van der Waals surface area contributed by atoms with Crippen molar-refractivity contribution in [3.05, 3.63) is 46.2 Å². The van der Waals surface area contributed by atoms with E-state index in [9.17, 15) is 0 Å². The molecule has 1 N–H and O–H groups in total. The summed E-state index contributed by atoms with van der Waals surface area (Å²) in [5.41, 5.74) is 2.55. The molecule has 3 nitrogen and oxygen atoms in total. The van der Waals surface area contributed by atoms with Gasteiger partial charge in [-0.1, -0.05) is 20.8 Å². The smallest absolute Gasteiger partial charge is 0.107 e. The number of hydrogen-bond donors (Lipinski definition) is 1. The Hall–Kier alpha value is -1.26. The van der Waals surface area contributed by atoms with Crippen LogP contribution in [0.4, 0.5) is 0 Å². The minimum Gasteiger partial charge on any atom is -0.304 e. The quantitative estimate of drug-likeness (QED) is 0.925. The fourth-order valence-electron chi connectivity index (χ4n) is 1.75. The molecule has 0 aliphatic rings. The predicted octanol–water partition coefficient (Wildman–Crippen LogP) is 3.69. The van der Waals surface area contributed by atoms with E-state index in [2.05, 4.69) is 43.4 Å². The fraction of sp³-hybridized carbons (Fsp3) is 0.467. The summed E-state index contributed by atoms with van der Waals surface area (Å²) in [5.74, 6) is 0. The first-order valence-electron chi connectivity index (χ1n) is 6.55. The molecule has 0 aromatic carbocycles. The van der Waals surface area contributed by atoms with Gasteiger partial charge in [0.2, 0.25) is 0 Å². The topological polar surface area (TPSA) is 37.8 Å². The van der Waals surface area contributed by atoms with Gasteiger partial charge in [0.05, 0.1) is 5.69 Å². The highest BCUT2D eigenvalue weighted by molar-refractivity contribution is 7.09. The maximum absolute atomic E-state index is 4.69. The van der Waals surface area contributed by atoms with Crippen LogP contribution in [0.3, 0.4) is 0 Å². The summed E-state index contributed by atoms with van der Waals surface area (Å²) in [5, 5.41) is 6.81. The fourth-order valence-corrected chi connectivity index (χ4v) is 2.72. The molecule has 102 valence electrons. The number of hydrogen-bond acceptors (Lipinski definition) is 4. The molecule has 2 aromatic rings. The highest BCUT2D eigenvalue weighted by atomic mass is 32.1. The lowest BCUT2D eigenvalue weighted by molar-refractivity contribution is 0.554. The largest absolute Gasteiger partial charge is 0.304 e. The number of aromatic nitrogens is 2. The molecule has 0 unspecified atom stereocenters. The molecule has 0 saturated carbocycles. The van der Waals surface area contributed by atoms with E-state index in [1.807, 2.05) is 24.5 Å². The van der Waals surface area contributed by atoms with E-state index in [0.717, 1.165) is 11.6 Å². The van der Waals surface area contributed by atoms with Gasteiger partial charge < -0.3 is 5.32 Å². The minimum absolute atomic E-state index is 0.130. The molecule has 0 saturated heterocycles. The van der Waals surface area contributed by atoms with Crippen LogP contribution in [0, 0.1) is 0 Å². The lowest BCUT2D eigenvalue weighted by Gasteiger charge is -2.15. The Morgan fingerprint density at radius 3 is 2.53 bits per heavy atom. The summed E-state index contributed by atoms with van der Waals surface area (Å²) >= 11 is 1.73. The van der Waals surface area contributed by atoms with Crippen LogP contribution in [0.2, 0.25) is 0 Å². The number of nitrogens with zero attached hydrogens (tertiary/aromatic N) is 2. The van der Waals surface area contributed by atoms with E-state index < -0.39 is 0 Å². The lowest BCUT2D eigenvalue weighted by Crippen LogP contribution is -2.18. The van der Waals surface area contributed by atoms with Crippen LogP contribution in [0.25, 0.3) is 0 Å². The van der Waals surface area contributed by atoms with Gasteiger partial charge in [0.1, 0.15) is 5.01 Å². The first kappa shape index (κ1) is 14.2. The van der Waals surface area contributed by atoms with Gasteiger partial charge >= 0.3 is 0 Å². The Kier molecular flexibility index (Phi) is 4.32. The van der Waals surface area contributed by atoms with Crippen LogP contribution < -0.4 is 5.32 Å². The zero-order valence-electron chi connectivity index (χ0n) is 12.0. The number of rotatable bonds is 4. The summed E-state index contributed by atoms with van der Waals surface area (Å²) in [4.78, 5) is 8.73. The molecule has 0 radical (unpaired) electrons. The third-order valence-electron chi connectivity index (χ3n) is 3.09. The van der Waals surface area contributed by atoms with Gasteiger partial charge in [-0.3, -0.25) is 4.98 Å². The average Bonchev–Trinajstić information content (AvgIpc) is 2.86. The van der Waals surface area contributed by atoms with Crippen molar-refractivity contribution in [3.8, 4) is 0 Å². The van der Waals surface area contributed by atoms with Gasteiger partial charge in [-0.15, -0.1) is 11.3 Å². The molecule has 19 heavy (non-hydrogen) atoms. The van der Waals surface area contributed by atoms with E-state index in [0.29, 0.717) is 6.04 Å². The Balaban J connectivity index is 1.94. The Labute approximate surface area is 119 Å². The standard InChI is InChI=1S/C15H21N3S/c1-11(12-5-7-16-8-6-12)17-9-14-18-13(10-19-14)15(2,3)4/h5-8,10-11,17H,9H2,1-4H3/t11-/m0/s1. The van der Waals surface area contributed by atoms with E-state index in [1.54, 1.807) is 11.3 Å². The van der Waals surface area contributed by atoms with E-state index in [1.165, 1.54) is 11.3 Å². The molecule has 0 bridgehead atoms. The van der Waals surface area contributed by atoms with Crippen LogP contribution in [0.1, 0.15) is 50.0 Å². The molecule has 1 atom stereocenters. The molecule has 0 aliphatic carbocycles. The third kappa shape index (κ3) is 3.85. The van der Waals surface area contributed by atoms with Crippen molar-refractivity contribution in [1.29, 1.82) is 0 Å². The molecule has 2 heterocycles. The van der Waals surface area contributed by atoms with Crippen molar-refractivity contribution >= 4 is 11.3 Å². The highest BCUT2D eigenvalue weighted by Crippen LogP contribution is 2.24. The first-order valence-corrected chi connectivity index (χ1v) is 7.43. The van der Waals surface area contributed by atoms with Crippen molar-refractivity contribution in [2.45, 2.75) is 45.7 Å². The summed E-state index contributed by atoms with van der Waals surface area (Å²) in [6, 6.07) is 4.39. The summed E-state index contributed by atoms with van der Waals surface area (Å²) in [6.07, 6.45) is 3.66. The number of pyridine rings is 1. The molecule has 0 amide bonds. The van der Waals surface area contributed by atoms with Crippen molar-refractivity contribution < 1.29 is 0 Å². The SMILES string of the molecule is C[C@H](NCc1nc(C(C)(C)C)cs1)c1ccncc1. The maximum Gasteiger partial charge on any atom is 0.107 e. The summed E-state index contributed by atoms with van der Waals surface area (Å²) in [6.45, 7) is 9.55. The van der Waals surface area contributed by atoms with Crippen LogP contribution in [-0.4, -0.2) is 9.97 Å². The first-order chi connectivity index (χ1) is 8.97. The molecule has 2 rings (SSSR count). The van der Waals surface area contributed by atoms with Gasteiger partial charge in [-0.25, -0.2) is 4.98 Å². The molecule has 0 fully saturated rings. The van der Waals surface area contributed by atoms with E-state index >= 15 is 0 Å². The second kappa shape index (κ2) is 5.80. The summed E-state index contributed by atoms with van der Waals surface area (Å²) < 4.78 is 0. The minimum atomic E-state index is 0.130. The van der Waals surface area contributed by atoms with Crippen molar-refractivity contribution in [2.75, 3.05) is 0 Å². The molecular weight excluding hydrogens is 254 g/mol. The van der Waals surface area contributed by atoms with Gasteiger partial charge in [0, 0.05) is 35.8 Å². The molecule has 2 aromatic heterocycles. The Bertz CT molecular complexity index is 514. The summed E-state index contributed by atoms with van der Waals surface area (Å²) in [7, 11) is 0. The highest BCUT2D eigenvalue weighted by Gasteiger charge is 2.17. The monoisotopic (exact) mass is 275 g/mol. The average molecular weight is 275 g/mol. The van der Waals surface area contributed by atoms with Crippen molar-refractivity contribution in [2.24, 2.45) is 0 Å². The zero-order chi connectivity index (χ0) is 13.9. The molecule has 4 heteroatoms. The van der Waals surface area contributed by atoms with Crippen molar-refractivity contribution in [3.63, 3.8) is 0 Å². The van der Waals surface area contributed by atoms with Crippen molar-refractivity contribution in [1.82, 2.24) is 15.3 Å². The van der Waals surface area contributed by atoms with Crippen LogP contribution in [0.5, 0.6) is 0 Å². The number of thiazole rings is 1. The lowest BCUT2D eigenvalue weighted by atomic mass is 9.93. The normalized spacial score (nSPS) is 13.5. The number of nitrogens with one attached hydrogen (secondary N) is 1.